The van der Waals surface area contributed by atoms with Crippen LogP contribution in [0.3, 0.4) is 0 Å². The first-order valence-electron chi connectivity index (χ1n) is 5.48. The molecule has 0 aliphatic rings. The molecule has 2 aromatic rings. The van der Waals surface area contributed by atoms with Crippen LogP contribution in [0.5, 0.6) is 0 Å². The molecule has 0 saturated heterocycles. The molecule has 0 fully saturated rings. The number of hydrogen-bond donors (Lipinski definition) is 4. The number of para-hydroxylation sites is 1. The molecule has 0 amide bonds. The summed E-state index contributed by atoms with van der Waals surface area (Å²) in [6.07, 6.45) is 2.03. The van der Waals surface area contributed by atoms with Crippen molar-refractivity contribution in [2.75, 3.05) is 17.6 Å². The molecular formula is C10H14N6O2S. The molecule has 1 aromatic heterocycles. The number of aromatic amines is 1. The Morgan fingerprint density at radius 1 is 1.37 bits per heavy atom. The third-order valence-corrected chi connectivity index (χ3v) is 3.48. The lowest BCUT2D eigenvalue weighted by Crippen LogP contribution is -2.16. The fourth-order valence-corrected chi connectivity index (χ4v) is 2.30. The quantitative estimate of drug-likeness (QED) is 0.554. The first-order chi connectivity index (χ1) is 8.98. The highest BCUT2D eigenvalue weighted by molar-refractivity contribution is 7.89. The van der Waals surface area contributed by atoms with Gasteiger partial charge in [-0.05, 0) is 12.1 Å². The molecule has 102 valence electrons. The number of benzene rings is 1. The van der Waals surface area contributed by atoms with Gasteiger partial charge in [-0.3, -0.25) is 5.10 Å². The van der Waals surface area contributed by atoms with Crippen molar-refractivity contribution in [3.8, 4) is 0 Å². The van der Waals surface area contributed by atoms with Crippen molar-refractivity contribution in [3.05, 3.63) is 30.4 Å². The number of nitrogens with two attached hydrogens (primary N) is 2. The van der Waals surface area contributed by atoms with Crippen LogP contribution in [0, 0.1) is 0 Å². The smallest absolute Gasteiger partial charge is 0.240 e. The second kappa shape index (κ2) is 5.24. The van der Waals surface area contributed by atoms with Gasteiger partial charge in [0.1, 0.15) is 17.0 Å². The summed E-state index contributed by atoms with van der Waals surface area (Å²) in [4.78, 5) is 3.89. The fraction of sp³-hybridized carbons (Fsp3) is 0.200. The summed E-state index contributed by atoms with van der Waals surface area (Å²) < 4.78 is 22.6. The third kappa shape index (κ3) is 3.20. The number of nitrogen functional groups attached to an aromatic ring is 1. The number of aromatic nitrogens is 3. The number of anilines is 2. The lowest BCUT2D eigenvalue weighted by molar-refractivity contribution is 0.598. The van der Waals surface area contributed by atoms with Crippen LogP contribution in [-0.4, -0.2) is 30.1 Å². The van der Waals surface area contributed by atoms with E-state index in [0.717, 1.165) is 5.82 Å². The number of nitrogens with one attached hydrogen (secondary N) is 2. The highest BCUT2D eigenvalue weighted by atomic mass is 32.2. The van der Waals surface area contributed by atoms with Gasteiger partial charge in [-0.15, -0.1) is 0 Å². The Balaban J connectivity index is 2.09. The number of primary sulfonamides is 1. The maximum Gasteiger partial charge on any atom is 0.240 e. The average Bonchev–Trinajstić information content (AvgIpc) is 2.83. The number of H-pyrrole nitrogens is 1. The monoisotopic (exact) mass is 282 g/mol. The Hall–Kier alpha value is -2.13. The molecule has 19 heavy (non-hydrogen) atoms. The van der Waals surface area contributed by atoms with Gasteiger partial charge in [0.15, 0.2) is 0 Å². The number of nitrogens with zero attached hydrogens (tertiary/aromatic N) is 2. The van der Waals surface area contributed by atoms with Crippen molar-refractivity contribution >= 4 is 21.4 Å². The van der Waals surface area contributed by atoms with Crippen LogP contribution >= 0.6 is 0 Å². The van der Waals surface area contributed by atoms with Gasteiger partial charge in [0.25, 0.3) is 0 Å². The fourth-order valence-electron chi connectivity index (χ4n) is 1.61. The molecule has 1 heterocycles. The maximum atomic E-state index is 11.3. The van der Waals surface area contributed by atoms with E-state index in [1.54, 1.807) is 12.1 Å². The van der Waals surface area contributed by atoms with Gasteiger partial charge in [0, 0.05) is 13.0 Å². The average molecular weight is 282 g/mol. The first kappa shape index (κ1) is 13.3. The molecule has 0 saturated carbocycles. The molecule has 6 N–H and O–H groups in total. The minimum absolute atomic E-state index is 0.0860. The van der Waals surface area contributed by atoms with E-state index in [-0.39, 0.29) is 10.6 Å². The largest absolute Gasteiger partial charge is 0.396 e. The highest BCUT2D eigenvalue weighted by Crippen LogP contribution is 2.25. The van der Waals surface area contributed by atoms with Crippen LogP contribution in [0.1, 0.15) is 5.82 Å². The van der Waals surface area contributed by atoms with Gasteiger partial charge in [0.05, 0.1) is 11.4 Å². The summed E-state index contributed by atoms with van der Waals surface area (Å²) in [6, 6.07) is 4.63. The van der Waals surface area contributed by atoms with Crippen molar-refractivity contribution in [3.63, 3.8) is 0 Å². The summed E-state index contributed by atoms with van der Waals surface area (Å²) in [7, 11) is -3.82. The minimum Gasteiger partial charge on any atom is -0.396 e. The Morgan fingerprint density at radius 2 is 2.16 bits per heavy atom. The normalized spacial score (nSPS) is 11.4. The maximum absolute atomic E-state index is 11.3. The summed E-state index contributed by atoms with van der Waals surface area (Å²) in [6.45, 7) is 0.535. The molecule has 0 radical (unpaired) electrons. The SMILES string of the molecule is Nc1c(NCCc2ncn[nH]2)cccc1S(N)(=O)=O. The Kier molecular flexibility index (Phi) is 3.67. The highest BCUT2D eigenvalue weighted by Gasteiger charge is 2.14. The third-order valence-electron chi connectivity index (χ3n) is 2.51. The van der Waals surface area contributed by atoms with Gasteiger partial charge < -0.3 is 11.1 Å². The van der Waals surface area contributed by atoms with E-state index in [2.05, 4.69) is 20.5 Å². The van der Waals surface area contributed by atoms with Crippen molar-refractivity contribution in [1.29, 1.82) is 0 Å². The summed E-state index contributed by atoms with van der Waals surface area (Å²) in [5.41, 5.74) is 6.40. The lowest BCUT2D eigenvalue weighted by Gasteiger charge is -2.11. The van der Waals surface area contributed by atoms with Crippen molar-refractivity contribution in [2.45, 2.75) is 11.3 Å². The zero-order valence-corrected chi connectivity index (χ0v) is 10.8. The van der Waals surface area contributed by atoms with Crippen molar-refractivity contribution in [1.82, 2.24) is 15.2 Å². The molecule has 0 unspecified atom stereocenters. The Bertz CT molecular complexity index is 653. The topological polar surface area (TPSA) is 140 Å². The van der Waals surface area contributed by atoms with E-state index >= 15 is 0 Å². The standard InChI is InChI=1S/C10H14N6O2S/c11-10-7(2-1-3-8(10)19(12,17)18)13-5-4-9-14-6-15-16-9/h1-3,6,13H,4-5,11H2,(H2,12,17,18)(H,14,15,16). The molecule has 2 rings (SSSR count). The van der Waals surface area contributed by atoms with Gasteiger partial charge in [0.2, 0.25) is 10.0 Å². The molecular weight excluding hydrogens is 268 g/mol. The van der Waals surface area contributed by atoms with Crippen LogP contribution in [0.4, 0.5) is 11.4 Å². The molecule has 0 aliphatic heterocycles. The van der Waals surface area contributed by atoms with Crippen molar-refractivity contribution in [2.24, 2.45) is 5.14 Å². The van der Waals surface area contributed by atoms with Crippen LogP contribution in [-0.2, 0) is 16.4 Å². The van der Waals surface area contributed by atoms with Gasteiger partial charge in [-0.25, -0.2) is 18.5 Å². The Morgan fingerprint density at radius 3 is 2.79 bits per heavy atom. The number of sulfonamides is 1. The van der Waals surface area contributed by atoms with E-state index in [0.29, 0.717) is 18.7 Å². The zero-order chi connectivity index (χ0) is 13.9. The number of rotatable bonds is 5. The molecule has 0 spiro atoms. The predicted molar refractivity (Wildman–Crippen MR) is 70.8 cm³/mol. The second-order valence-electron chi connectivity index (χ2n) is 3.87. The summed E-state index contributed by atoms with van der Waals surface area (Å²) in [5.74, 6) is 0.730. The van der Waals surface area contributed by atoms with E-state index in [1.165, 1.54) is 12.4 Å². The summed E-state index contributed by atoms with van der Waals surface area (Å²) >= 11 is 0. The van der Waals surface area contributed by atoms with E-state index < -0.39 is 10.0 Å². The van der Waals surface area contributed by atoms with Gasteiger partial charge in [-0.1, -0.05) is 6.07 Å². The number of hydrogen-bond acceptors (Lipinski definition) is 6. The Labute approximate surface area is 110 Å². The summed E-state index contributed by atoms with van der Waals surface area (Å²) in [5, 5.41) is 14.6. The van der Waals surface area contributed by atoms with Crippen LogP contribution in [0.25, 0.3) is 0 Å². The molecule has 0 aliphatic carbocycles. The molecule has 9 heteroatoms. The van der Waals surface area contributed by atoms with Crippen LogP contribution in [0.15, 0.2) is 29.4 Å². The predicted octanol–water partition coefficient (Wildman–Crippen LogP) is -0.311. The molecule has 0 atom stereocenters. The molecule has 1 aromatic carbocycles. The molecule has 0 bridgehead atoms. The lowest BCUT2D eigenvalue weighted by atomic mass is 10.2. The van der Waals surface area contributed by atoms with E-state index in [1.807, 2.05) is 0 Å². The van der Waals surface area contributed by atoms with Crippen LogP contribution in [0.2, 0.25) is 0 Å². The van der Waals surface area contributed by atoms with Gasteiger partial charge in [-0.2, -0.15) is 5.10 Å². The first-order valence-corrected chi connectivity index (χ1v) is 7.02. The van der Waals surface area contributed by atoms with Crippen LogP contribution < -0.4 is 16.2 Å². The van der Waals surface area contributed by atoms with Crippen molar-refractivity contribution < 1.29 is 8.42 Å². The zero-order valence-electron chi connectivity index (χ0n) is 10.00. The van der Waals surface area contributed by atoms with Gasteiger partial charge >= 0.3 is 0 Å². The second-order valence-corrected chi connectivity index (χ2v) is 5.40. The minimum atomic E-state index is -3.82. The molecule has 8 nitrogen and oxygen atoms in total. The van der Waals surface area contributed by atoms with E-state index in [9.17, 15) is 8.42 Å². The van der Waals surface area contributed by atoms with E-state index in [4.69, 9.17) is 10.9 Å².